The molecule has 8 unspecified atom stereocenters. The molecule has 0 saturated heterocycles. The molecule has 0 nitrogen and oxygen atoms in total. The minimum atomic E-state index is 0. The zero-order valence-electron chi connectivity index (χ0n) is 31.9. The SMILES string of the molecule is C.CCC(C)C(C)C(C)CC.CCC(C)C(C)C(C)CCCCCCCCC(C)C(C)C(C)CC.CCCCCC.F.[2HH]. The first-order valence-electron chi connectivity index (χ1n) is 18.9. The van der Waals surface area contributed by atoms with Gasteiger partial charge in [-0.05, 0) is 53.3 Å². The maximum atomic E-state index is 2.47. The fourth-order valence-electron chi connectivity index (χ4n) is 5.84. The van der Waals surface area contributed by atoms with Crippen LogP contribution in [0.5, 0.6) is 0 Å². The van der Waals surface area contributed by atoms with Gasteiger partial charge in [-0.3, -0.25) is 4.70 Å². The van der Waals surface area contributed by atoms with Gasteiger partial charge in [0, 0.05) is 1.43 Å². The highest BCUT2D eigenvalue weighted by Crippen LogP contribution is 2.29. The molecular weight excluding hydrogens is 511 g/mol. The van der Waals surface area contributed by atoms with Crippen molar-refractivity contribution < 1.29 is 6.13 Å². The molecule has 0 fully saturated rings. The van der Waals surface area contributed by atoms with E-state index in [1.807, 2.05) is 0 Å². The van der Waals surface area contributed by atoms with Crippen LogP contribution in [0.2, 0.25) is 0 Å². The van der Waals surface area contributed by atoms with E-state index in [1.54, 1.807) is 0 Å². The highest BCUT2D eigenvalue weighted by atomic mass is 19.0. The Morgan fingerprint density at radius 1 is 0.333 bits per heavy atom. The van der Waals surface area contributed by atoms with E-state index in [9.17, 15) is 0 Å². The van der Waals surface area contributed by atoms with Crippen LogP contribution in [-0.2, 0) is 0 Å². The fourth-order valence-corrected chi connectivity index (χ4v) is 5.84. The third-order valence-electron chi connectivity index (χ3n) is 11.5. The Bertz CT molecular complexity index is 438. The van der Waals surface area contributed by atoms with E-state index in [2.05, 4.69) is 104 Å². The Balaban J connectivity index is -0.000000150. The number of hydrogen-bond donors (Lipinski definition) is 0. The minimum absolute atomic E-state index is 0. The van der Waals surface area contributed by atoms with Crippen LogP contribution in [0.4, 0.5) is 4.70 Å². The third kappa shape index (κ3) is 28.7. The smallest absolute Gasteiger partial charge is 0 e. The first kappa shape index (κ1) is 51.5. The number of hydrogen-bond acceptors (Lipinski definition) is 0. The number of rotatable bonds is 22. The summed E-state index contributed by atoms with van der Waals surface area (Å²) in [6.07, 6.45) is 22.5. The van der Waals surface area contributed by atoms with Crippen molar-refractivity contribution in [2.45, 2.75) is 214 Å². The molecule has 42 heavy (non-hydrogen) atoms. The number of unbranched alkanes of at least 4 members (excludes halogenated alkanes) is 8. The highest BCUT2D eigenvalue weighted by Gasteiger charge is 2.18. The largest absolute Gasteiger partial charge is 0.269 e. The van der Waals surface area contributed by atoms with Crippen LogP contribution in [0.1, 0.15) is 215 Å². The van der Waals surface area contributed by atoms with Crippen molar-refractivity contribution in [1.29, 1.82) is 0 Å². The van der Waals surface area contributed by atoms with Crippen molar-refractivity contribution in [2.24, 2.45) is 53.3 Å². The van der Waals surface area contributed by atoms with Crippen LogP contribution in [0.25, 0.3) is 0 Å². The summed E-state index contributed by atoms with van der Waals surface area (Å²) in [5.41, 5.74) is 0. The molecule has 0 saturated carbocycles. The summed E-state index contributed by atoms with van der Waals surface area (Å²) in [6.45, 7) is 35.5. The van der Waals surface area contributed by atoms with Crippen LogP contribution < -0.4 is 0 Å². The molecule has 0 spiro atoms. The predicted octanol–water partition coefficient (Wildman–Crippen LogP) is 16.1. The van der Waals surface area contributed by atoms with Crippen LogP contribution in [0.3, 0.4) is 0 Å². The van der Waals surface area contributed by atoms with E-state index < -0.39 is 0 Å². The van der Waals surface area contributed by atoms with Crippen molar-refractivity contribution in [2.75, 3.05) is 0 Å². The van der Waals surface area contributed by atoms with Gasteiger partial charge in [-0.15, -0.1) is 0 Å². The lowest BCUT2D eigenvalue weighted by atomic mass is 9.81. The van der Waals surface area contributed by atoms with Gasteiger partial charge in [0.05, 0.1) is 0 Å². The lowest BCUT2D eigenvalue weighted by molar-refractivity contribution is 0.252. The standard InChI is InChI=1S/C24H50.C10H22.C6H14.CH4.FH.H2/c1-9-19(3)23(7)21(5)17-15-13-11-12-14-16-18-22(6)24(8)20(4)10-2;1-6-8(3)10(5)9(4)7-2;1-3-5-6-4-2;;;/h19-24H,9-18H2,1-8H3;8-10H,6-7H2,1-5H3;3-6H2,1-2H3;1H4;2*1H/i;;;;;1+1. The Kier molecular flexibility index (Phi) is 43.4. The molecule has 0 N–H and O–H groups in total. The van der Waals surface area contributed by atoms with Gasteiger partial charge >= 0.3 is 0 Å². The molecule has 8 atom stereocenters. The molecule has 0 rings (SSSR count). The van der Waals surface area contributed by atoms with Crippen molar-refractivity contribution in [3.8, 4) is 0 Å². The van der Waals surface area contributed by atoms with Crippen molar-refractivity contribution in [3.63, 3.8) is 0 Å². The minimum Gasteiger partial charge on any atom is -0.269 e. The van der Waals surface area contributed by atoms with Gasteiger partial charge in [-0.2, -0.15) is 0 Å². The van der Waals surface area contributed by atoms with Gasteiger partial charge in [-0.1, -0.05) is 214 Å². The Morgan fingerprint density at radius 2 is 0.548 bits per heavy atom. The third-order valence-corrected chi connectivity index (χ3v) is 11.5. The second kappa shape index (κ2) is 35.4. The van der Waals surface area contributed by atoms with Gasteiger partial charge < -0.3 is 0 Å². The normalized spacial score (nSPS) is 17.2. The van der Waals surface area contributed by atoms with Gasteiger partial charge in [0.1, 0.15) is 0 Å². The zero-order chi connectivity index (χ0) is 31.5. The molecular formula is C41H93F. The van der Waals surface area contributed by atoms with Crippen LogP contribution >= 0.6 is 0 Å². The quantitative estimate of drug-likeness (QED) is 0.108. The Hall–Kier alpha value is -0.0700. The van der Waals surface area contributed by atoms with Crippen LogP contribution in [0, 0.1) is 53.3 Å². The molecule has 0 aromatic heterocycles. The molecule has 0 aliphatic rings. The van der Waals surface area contributed by atoms with Gasteiger partial charge in [0.2, 0.25) is 0 Å². The maximum Gasteiger partial charge on any atom is 0 e. The van der Waals surface area contributed by atoms with E-state index >= 15 is 0 Å². The summed E-state index contributed by atoms with van der Waals surface area (Å²) in [4.78, 5) is 0. The Labute approximate surface area is 273 Å². The van der Waals surface area contributed by atoms with Gasteiger partial charge in [0.15, 0.2) is 0 Å². The summed E-state index contributed by atoms with van der Waals surface area (Å²) in [5, 5.41) is 0. The van der Waals surface area contributed by atoms with Gasteiger partial charge in [0.25, 0.3) is 0 Å². The maximum absolute atomic E-state index is 2.47. The predicted molar refractivity (Wildman–Crippen MR) is 202 cm³/mol. The molecule has 0 bridgehead atoms. The fraction of sp³-hybridized carbons (Fsp3) is 1.00. The summed E-state index contributed by atoms with van der Waals surface area (Å²) >= 11 is 0. The molecule has 0 aliphatic carbocycles. The molecule has 0 amide bonds. The van der Waals surface area contributed by atoms with Crippen molar-refractivity contribution in [1.82, 2.24) is 0 Å². The van der Waals surface area contributed by atoms with E-state index in [0.29, 0.717) is 0 Å². The lowest BCUT2D eigenvalue weighted by Gasteiger charge is -2.25. The summed E-state index contributed by atoms with van der Waals surface area (Å²) in [7, 11) is 0. The molecule has 0 heterocycles. The van der Waals surface area contributed by atoms with Crippen LogP contribution in [0.15, 0.2) is 0 Å². The van der Waals surface area contributed by atoms with Crippen molar-refractivity contribution in [3.05, 3.63) is 0 Å². The van der Waals surface area contributed by atoms with E-state index in [-0.39, 0.29) is 13.6 Å². The van der Waals surface area contributed by atoms with E-state index in [1.165, 1.54) is 103 Å². The van der Waals surface area contributed by atoms with E-state index in [4.69, 9.17) is 0 Å². The van der Waals surface area contributed by atoms with Crippen LogP contribution in [-0.4, -0.2) is 0 Å². The molecule has 1 heteroatoms. The molecule has 0 aromatic rings. The molecule has 264 valence electrons. The summed E-state index contributed by atoms with van der Waals surface area (Å²) in [5.74, 6) is 8.07. The first-order chi connectivity index (χ1) is 18.9. The summed E-state index contributed by atoms with van der Waals surface area (Å²) < 4.78 is 0. The van der Waals surface area contributed by atoms with Gasteiger partial charge in [-0.25, -0.2) is 0 Å². The second-order valence-corrected chi connectivity index (χ2v) is 14.5. The summed E-state index contributed by atoms with van der Waals surface area (Å²) in [6, 6.07) is 0. The molecule has 0 radical (unpaired) electrons. The van der Waals surface area contributed by atoms with Crippen molar-refractivity contribution >= 4 is 0 Å². The average Bonchev–Trinajstić information content (AvgIpc) is 2.98. The lowest BCUT2D eigenvalue weighted by Crippen LogP contribution is -2.16. The molecule has 0 aliphatic heterocycles. The topological polar surface area (TPSA) is 0 Å². The number of halogens is 1. The second-order valence-electron chi connectivity index (χ2n) is 14.5. The zero-order valence-corrected chi connectivity index (χ0v) is 31.9. The monoisotopic (exact) mass is 606 g/mol. The first-order valence-corrected chi connectivity index (χ1v) is 18.9. The average molecular weight is 606 g/mol. The Morgan fingerprint density at radius 3 is 0.762 bits per heavy atom. The van der Waals surface area contributed by atoms with E-state index in [0.717, 1.165) is 53.3 Å². The highest BCUT2D eigenvalue weighted by molar-refractivity contribution is 4.69. The molecule has 0 aromatic carbocycles.